The monoisotopic (exact) mass is 321 g/mol. The summed E-state index contributed by atoms with van der Waals surface area (Å²) >= 11 is 0. The predicted molar refractivity (Wildman–Crippen MR) is 73.1 cm³/mol. The minimum atomic E-state index is -3.68. The zero-order valence-electron chi connectivity index (χ0n) is 12.1. The molecule has 0 aliphatic heterocycles. The van der Waals surface area contributed by atoms with Crippen molar-refractivity contribution >= 4 is 16.0 Å². The van der Waals surface area contributed by atoms with Gasteiger partial charge in [0.25, 0.3) is 0 Å². The van der Waals surface area contributed by atoms with Gasteiger partial charge in [-0.05, 0) is 13.0 Å². The number of ether oxygens (including phenoxy) is 1. The Morgan fingerprint density at radius 1 is 1.43 bits per heavy atom. The van der Waals surface area contributed by atoms with Gasteiger partial charge in [0.1, 0.15) is 17.1 Å². The van der Waals surface area contributed by atoms with E-state index in [1.54, 1.807) is 6.92 Å². The summed E-state index contributed by atoms with van der Waals surface area (Å²) in [6, 6.07) is 0.400. The highest BCUT2D eigenvalue weighted by Crippen LogP contribution is 2.19. The van der Waals surface area contributed by atoms with Crippen molar-refractivity contribution in [3.63, 3.8) is 0 Å². The third-order valence-electron chi connectivity index (χ3n) is 2.94. The Morgan fingerprint density at radius 2 is 2.00 bits per heavy atom. The van der Waals surface area contributed by atoms with Crippen molar-refractivity contribution in [1.29, 1.82) is 0 Å². The first-order chi connectivity index (χ1) is 9.74. The van der Waals surface area contributed by atoms with Crippen LogP contribution < -0.4 is 0 Å². The van der Waals surface area contributed by atoms with Crippen LogP contribution in [0.3, 0.4) is 0 Å². The van der Waals surface area contributed by atoms with E-state index in [1.165, 1.54) is 13.2 Å². The van der Waals surface area contributed by atoms with Crippen LogP contribution in [0.4, 0.5) is 0 Å². The van der Waals surface area contributed by atoms with E-state index in [-0.39, 0.29) is 17.9 Å². The van der Waals surface area contributed by atoms with Crippen LogP contribution in [-0.2, 0) is 21.3 Å². The molecule has 1 aromatic rings. The summed E-state index contributed by atoms with van der Waals surface area (Å²) in [5.41, 5.74) is 0.200. The highest BCUT2D eigenvalue weighted by Gasteiger charge is 2.28. The average molecular weight is 321 g/mol. The number of esters is 1. The van der Waals surface area contributed by atoms with Crippen LogP contribution in [0.15, 0.2) is 10.5 Å². The van der Waals surface area contributed by atoms with Gasteiger partial charge in [-0.25, -0.2) is 13.2 Å². The van der Waals surface area contributed by atoms with Crippen LogP contribution in [0, 0.1) is 6.92 Å². The van der Waals surface area contributed by atoms with Gasteiger partial charge >= 0.3 is 5.97 Å². The van der Waals surface area contributed by atoms with Gasteiger partial charge in [0, 0.05) is 0 Å². The summed E-state index contributed by atoms with van der Waals surface area (Å²) in [6.07, 6.45) is 0.961. The number of carbonyl (C=O) groups excluding carboxylic acids is 1. The van der Waals surface area contributed by atoms with E-state index in [0.29, 0.717) is 5.76 Å². The molecule has 0 bridgehead atoms. The maximum atomic E-state index is 11.7. The lowest BCUT2D eigenvalue weighted by Crippen LogP contribution is -2.43. The Morgan fingerprint density at radius 3 is 2.43 bits per heavy atom. The molecule has 2 N–H and O–H groups in total. The second-order valence-electron chi connectivity index (χ2n) is 4.50. The molecule has 0 radical (unpaired) electrons. The summed E-state index contributed by atoms with van der Waals surface area (Å²) in [6.45, 7) is 0.277. The Bertz CT molecular complexity index is 589. The molecule has 1 aromatic heterocycles. The number of furan rings is 1. The fraction of sp³-hybridized carbons (Fsp3) is 0.583. The maximum Gasteiger partial charge on any atom is 0.341 e. The smallest absolute Gasteiger partial charge is 0.341 e. The predicted octanol–water partition coefficient (Wildman–Crippen LogP) is -0.511. The number of carbonyl (C=O) groups is 1. The SMILES string of the molecule is COC(=O)c1cc(CN(C(CO)CO)S(C)(=O)=O)oc1C. The molecule has 21 heavy (non-hydrogen) atoms. The number of hydrogen-bond donors (Lipinski definition) is 2. The van der Waals surface area contributed by atoms with Gasteiger partial charge in [-0.3, -0.25) is 0 Å². The number of methoxy groups -OCH3 is 1. The normalized spacial score (nSPS) is 12.1. The number of hydrogen-bond acceptors (Lipinski definition) is 7. The van der Waals surface area contributed by atoms with Crippen LogP contribution >= 0.6 is 0 Å². The topological polar surface area (TPSA) is 117 Å². The van der Waals surface area contributed by atoms with Gasteiger partial charge in [0.05, 0.1) is 39.2 Å². The molecule has 120 valence electrons. The second-order valence-corrected chi connectivity index (χ2v) is 6.44. The van der Waals surface area contributed by atoms with Gasteiger partial charge in [0.15, 0.2) is 0 Å². The molecule has 1 rings (SSSR count). The molecule has 0 amide bonds. The number of nitrogens with zero attached hydrogens (tertiary/aromatic N) is 1. The Labute approximate surface area is 123 Å². The van der Waals surface area contributed by atoms with E-state index >= 15 is 0 Å². The molecule has 8 nitrogen and oxygen atoms in total. The van der Waals surface area contributed by atoms with Crippen molar-refractivity contribution in [3.8, 4) is 0 Å². The van der Waals surface area contributed by atoms with Gasteiger partial charge in [-0.15, -0.1) is 0 Å². The van der Waals surface area contributed by atoms with Crippen LogP contribution in [0.5, 0.6) is 0 Å². The van der Waals surface area contributed by atoms with E-state index in [9.17, 15) is 13.2 Å². The van der Waals surface area contributed by atoms with Crippen molar-refractivity contribution in [2.75, 3.05) is 26.6 Å². The highest BCUT2D eigenvalue weighted by atomic mass is 32.2. The third-order valence-corrected chi connectivity index (χ3v) is 4.22. The van der Waals surface area contributed by atoms with E-state index < -0.39 is 35.2 Å². The van der Waals surface area contributed by atoms with Gasteiger partial charge in [0.2, 0.25) is 10.0 Å². The second kappa shape index (κ2) is 7.03. The minimum absolute atomic E-state index is 0.200. The van der Waals surface area contributed by atoms with Gasteiger partial charge < -0.3 is 19.4 Å². The molecule has 9 heteroatoms. The number of rotatable bonds is 7. The summed E-state index contributed by atoms with van der Waals surface area (Å²) in [7, 11) is -2.45. The van der Waals surface area contributed by atoms with Crippen molar-refractivity contribution in [2.45, 2.75) is 19.5 Å². The largest absolute Gasteiger partial charge is 0.465 e. The maximum absolute atomic E-state index is 11.7. The summed E-state index contributed by atoms with van der Waals surface area (Å²) in [4.78, 5) is 11.5. The summed E-state index contributed by atoms with van der Waals surface area (Å²) < 4.78 is 34.3. The first-order valence-electron chi connectivity index (χ1n) is 6.10. The van der Waals surface area contributed by atoms with E-state index in [4.69, 9.17) is 14.6 Å². The molecule has 0 spiro atoms. The molecule has 0 fully saturated rings. The fourth-order valence-electron chi connectivity index (χ4n) is 1.84. The van der Waals surface area contributed by atoms with Crippen molar-refractivity contribution < 1.29 is 32.6 Å². The summed E-state index contributed by atoms with van der Waals surface area (Å²) in [5, 5.41) is 18.3. The lowest BCUT2D eigenvalue weighted by atomic mass is 10.2. The van der Waals surface area contributed by atoms with Gasteiger partial charge in [-0.1, -0.05) is 0 Å². The zero-order valence-corrected chi connectivity index (χ0v) is 12.9. The standard InChI is InChI=1S/C12H19NO7S/c1-8-11(12(16)19-2)4-10(20-8)5-13(21(3,17)18)9(6-14)7-15/h4,9,14-15H,5-7H2,1-3H3. The van der Waals surface area contributed by atoms with E-state index in [0.717, 1.165) is 10.6 Å². The quantitative estimate of drug-likeness (QED) is 0.649. The minimum Gasteiger partial charge on any atom is -0.465 e. The third kappa shape index (κ3) is 4.27. The van der Waals surface area contributed by atoms with Crippen LogP contribution in [0.25, 0.3) is 0 Å². The molecule has 0 saturated heterocycles. The summed E-state index contributed by atoms with van der Waals surface area (Å²) in [5.74, 6) is -0.0747. The first-order valence-corrected chi connectivity index (χ1v) is 7.95. The molecular formula is C12H19NO7S. The van der Waals surface area contributed by atoms with Crippen LogP contribution in [0.1, 0.15) is 21.9 Å². The number of aryl methyl sites for hydroxylation is 1. The Balaban J connectivity index is 3.08. The molecule has 0 aromatic carbocycles. The van der Waals surface area contributed by atoms with E-state index in [2.05, 4.69) is 4.74 Å². The van der Waals surface area contributed by atoms with E-state index in [1.807, 2.05) is 0 Å². The molecule has 0 atom stereocenters. The van der Waals surface area contributed by atoms with Crippen LogP contribution in [-0.4, -0.2) is 61.5 Å². The Kier molecular flexibility index (Phi) is 5.90. The highest BCUT2D eigenvalue weighted by molar-refractivity contribution is 7.88. The molecule has 0 unspecified atom stereocenters. The Hall–Kier alpha value is -1.42. The number of sulfonamides is 1. The lowest BCUT2D eigenvalue weighted by molar-refractivity contribution is 0.0598. The van der Waals surface area contributed by atoms with Crippen molar-refractivity contribution in [2.24, 2.45) is 0 Å². The molecule has 0 saturated carbocycles. The molecule has 0 aliphatic rings. The zero-order chi connectivity index (χ0) is 16.2. The van der Waals surface area contributed by atoms with Crippen molar-refractivity contribution in [1.82, 2.24) is 4.31 Å². The van der Waals surface area contributed by atoms with Crippen molar-refractivity contribution in [3.05, 3.63) is 23.2 Å². The molecule has 0 aliphatic carbocycles. The van der Waals surface area contributed by atoms with Gasteiger partial charge in [-0.2, -0.15) is 4.31 Å². The molecular weight excluding hydrogens is 302 g/mol. The fourth-order valence-corrected chi connectivity index (χ4v) is 2.88. The van der Waals surface area contributed by atoms with Crippen LogP contribution in [0.2, 0.25) is 0 Å². The average Bonchev–Trinajstić information content (AvgIpc) is 2.78. The first kappa shape index (κ1) is 17.6. The lowest BCUT2D eigenvalue weighted by Gasteiger charge is -2.25. The molecule has 1 heterocycles. The number of aliphatic hydroxyl groups is 2. The number of aliphatic hydroxyl groups excluding tert-OH is 2.